The van der Waals surface area contributed by atoms with E-state index in [0.717, 1.165) is 34.4 Å². The summed E-state index contributed by atoms with van der Waals surface area (Å²) in [5.41, 5.74) is 3.58. The van der Waals surface area contributed by atoms with Crippen LogP contribution >= 0.6 is 11.8 Å². The van der Waals surface area contributed by atoms with E-state index >= 15 is 0 Å². The summed E-state index contributed by atoms with van der Waals surface area (Å²) >= 11 is 1.48. The van der Waals surface area contributed by atoms with Crippen LogP contribution in [-0.4, -0.2) is 24.7 Å². The van der Waals surface area contributed by atoms with Crippen LogP contribution < -0.4 is 11.3 Å². The molecule has 19 heavy (non-hydrogen) atoms. The molecule has 0 spiro atoms. The zero-order valence-corrected chi connectivity index (χ0v) is 11.6. The first-order chi connectivity index (χ1) is 9.19. The molecule has 0 aromatic carbocycles. The molecule has 100 valence electrons. The van der Waals surface area contributed by atoms with Gasteiger partial charge in [0, 0.05) is 18.5 Å². The lowest BCUT2D eigenvalue weighted by Crippen LogP contribution is -2.13. The summed E-state index contributed by atoms with van der Waals surface area (Å²) in [5, 5.41) is 9.60. The van der Waals surface area contributed by atoms with Crippen molar-refractivity contribution in [3.05, 3.63) is 17.7 Å². The van der Waals surface area contributed by atoms with E-state index in [9.17, 15) is 0 Å². The largest absolute Gasteiger partial charge is 0.311 e. The summed E-state index contributed by atoms with van der Waals surface area (Å²) in [6.45, 7) is 1.95. The van der Waals surface area contributed by atoms with Crippen LogP contribution in [0.15, 0.2) is 16.5 Å². The Bertz CT molecular complexity index is 605. The maximum atomic E-state index is 5.53. The van der Waals surface area contributed by atoms with Crippen molar-refractivity contribution in [3.8, 4) is 0 Å². The summed E-state index contributed by atoms with van der Waals surface area (Å²) in [4.78, 5) is 9.10. The van der Waals surface area contributed by atoms with Crippen LogP contribution in [0, 0.1) is 6.92 Å². The lowest BCUT2D eigenvalue weighted by molar-refractivity contribution is 0.783. The predicted molar refractivity (Wildman–Crippen MR) is 71.7 cm³/mol. The lowest BCUT2D eigenvalue weighted by atomic mass is 10.3. The Morgan fingerprint density at radius 3 is 2.79 bits per heavy atom. The van der Waals surface area contributed by atoms with Gasteiger partial charge in [-0.25, -0.2) is 15.8 Å². The molecule has 1 aliphatic rings. The molecule has 2 aromatic rings. The van der Waals surface area contributed by atoms with Gasteiger partial charge in [-0.3, -0.25) is 0 Å². The first-order valence-electron chi connectivity index (χ1n) is 6.06. The highest BCUT2D eigenvalue weighted by Gasteiger charge is 2.28. The summed E-state index contributed by atoms with van der Waals surface area (Å²) in [6.07, 6.45) is 3.98. The highest BCUT2D eigenvalue weighted by atomic mass is 32.2. The van der Waals surface area contributed by atoms with Gasteiger partial charge in [-0.15, -0.1) is 10.2 Å². The number of nitrogen functional groups attached to an aromatic ring is 1. The molecule has 8 heteroatoms. The van der Waals surface area contributed by atoms with Crippen LogP contribution in [0.1, 0.15) is 30.1 Å². The molecule has 1 aliphatic carbocycles. The molecule has 3 N–H and O–H groups in total. The SMILES string of the molecule is Cc1c(NN)nc(C2CC2)nc1Sc1nncn1C. The van der Waals surface area contributed by atoms with E-state index < -0.39 is 0 Å². The molecule has 2 aromatic heterocycles. The fourth-order valence-electron chi connectivity index (χ4n) is 1.73. The van der Waals surface area contributed by atoms with E-state index in [0.29, 0.717) is 11.7 Å². The van der Waals surface area contributed by atoms with E-state index in [-0.39, 0.29) is 0 Å². The molecule has 0 bridgehead atoms. The quantitative estimate of drug-likeness (QED) is 0.493. The third-order valence-corrected chi connectivity index (χ3v) is 4.20. The van der Waals surface area contributed by atoms with Gasteiger partial charge in [-0.2, -0.15) is 0 Å². The normalized spacial score (nSPS) is 14.7. The minimum absolute atomic E-state index is 0.478. The van der Waals surface area contributed by atoms with Crippen LogP contribution in [0.5, 0.6) is 0 Å². The second-order valence-electron chi connectivity index (χ2n) is 4.61. The zero-order chi connectivity index (χ0) is 13.4. The molecule has 1 saturated carbocycles. The molecule has 0 saturated heterocycles. The average molecular weight is 277 g/mol. The number of hydrogen-bond donors (Lipinski definition) is 2. The smallest absolute Gasteiger partial charge is 0.197 e. The van der Waals surface area contributed by atoms with Crippen molar-refractivity contribution < 1.29 is 0 Å². The monoisotopic (exact) mass is 277 g/mol. The fourth-order valence-corrected chi connectivity index (χ4v) is 2.57. The Balaban J connectivity index is 1.99. The van der Waals surface area contributed by atoms with Crippen LogP contribution in [0.2, 0.25) is 0 Å². The summed E-state index contributed by atoms with van der Waals surface area (Å²) in [7, 11) is 1.91. The molecule has 0 aliphatic heterocycles. The van der Waals surface area contributed by atoms with Gasteiger partial charge in [0.1, 0.15) is 23.0 Å². The highest BCUT2D eigenvalue weighted by Crippen LogP contribution is 2.40. The van der Waals surface area contributed by atoms with Crippen molar-refractivity contribution in [2.45, 2.75) is 35.9 Å². The van der Waals surface area contributed by atoms with Gasteiger partial charge >= 0.3 is 0 Å². The maximum Gasteiger partial charge on any atom is 0.197 e. The Morgan fingerprint density at radius 1 is 1.42 bits per heavy atom. The predicted octanol–water partition coefficient (Wildman–Crippen LogP) is 1.23. The first-order valence-corrected chi connectivity index (χ1v) is 6.87. The Hall–Kier alpha value is -1.67. The third kappa shape index (κ3) is 2.41. The van der Waals surface area contributed by atoms with Gasteiger partial charge in [0.25, 0.3) is 0 Å². The van der Waals surface area contributed by atoms with Gasteiger partial charge in [-0.1, -0.05) is 0 Å². The molecule has 2 heterocycles. The van der Waals surface area contributed by atoms with Crippen molar-refractivity contribution >= 4 is 17.6 Å². The van der Waals surface area contributed by atoms with Crippen molar-refractivity contribution in [1.29, 1.82) is 0 Å². The zero-order valence-electron chi connectivity index (χ0n) is 10.8. The topological polar surface area (TPSA) is 94.5 Å². The summed E-state index contributed by atoms with van der Waals surface area (Å²) in [6, 6.07) is 0. The minimum atomic E-state index is 0.478. The second kappa shape index (κ2) is 4.78. The number of aromatic nitrogens is 5. The van der Waals surface area contributed by atoms with Gasteiger partial charge in [0.2, 0.25) is 0 Å². The van der Waals surface area contributed by atoms with Crippen LogP contribution in [-0.2, 0) is 7.05 Å². The number of rotatable bonds is 4. The number of hydrogen-bond acceptors (Lipinski definition) is 7. The molecule has 0 radical (unpaired) electrons. The third-order valence-electron chi connectivity index (χ3n) is 3.06. The number of anilines is 1. The summed E-state index contributed by atoms with van der Waals surface area (Å²) < 4.78 is 1.86. The number of hydrazine groups is 1. The van der Waals surface area contributed by atoms with E-state index in [1.807, 2.05) is 18.5 Å². The molecular weight excluding hydrogens is 262 g/mol. The maximum absolute atomic E-state index is 5.53. The van der Waals surface area contributed by atoms with Crippen LogP contribution in [0.3, 0.4) is 0 Å². The Morgan fingerprint density at radius 2 is 2.21 bits per heavy atom. The van der Waals surface area contributed by atoms with E-state index in [1.54, 1.807) is 6.33 Å². The standard InChI is InChI=1S/C11H15N7S/c1-6-8(16-12)14-9(7-3-4-7)15-10(6)19-11-17-13-5-18(11)2/h5,7H,3-4,12H2,1-2H3,(H,14,15,16). The molecule has 0 atom stereocenters. The van der Waals surface area contributed by atoms with Crippen LogP contribution in [0.4, 0.5) is 5.82 Å². The van der Waals surface area contributed by atoms with E-state index in [4.69, 9.17) is 5.84 Å². The first kappa shape index (κ1) is 12.4. The number of aryl methyl sites for hydroxylation is 1. The highest BCUT2D eigenvalue weighted by molar-refractivity contribution is 7.99. The van der Waals surface area contributed by atoms with Crippen molar-refractivity contribution in [2.24, 2.45) is 12.9 Å². The molecule has 7 nitrogen and oxygen atoms in total. The van der Waals surface area contributed by atoms with Crippen molar-refractivity contribution in [3.63, 3.8) is 0 Å². The number of nitrogens with one attached hydrogen (secondary N) is 1. The second-order valence-corrected chi connectivity index (χ2v) is 5.56. The Kier molecular flexibility index (Phi) is 3.11. The number of nitrogens with zero attached hydrogens (tertiary/aromatic N) is 5. The average Bonchev–Trinajstić information content (AvgIpc) is 3.17. The molecule has 3 rings (SSSR count). The van der Waals surface area contributed by atoms with E-state index in [1.165, 1.54) is 11.8 Å². The van der Waals surface area contributed by atoms with Gasteiger partial charge < -0.3 is 9.99 Å². The van der Waals surface area contributed by atoms with Crippen molar-refractivity contribution in [2.75, 3.05) is 5.43 Å². The Labute approximate surface area is 115 Å². The van der Waals surface area contributed by atoms with Crippen LogP contribution in [0.25, 0.3) is 0 Å². The van der Waals surface area contributed by atoms with Gasteiger partial charge in [0.15, 0.2) is 5.16 Å². The van der Waals surface area contributed by atoms with Crippen molar-refractivity contribution in [1.82, 2.24) is 24.7 Å². The van der Waals surface area contributed by atoms with E-state index in [2.05, 4.69) is 25.6 Å². The lowest BCUT2D eigenvalue weighted by Gasteiger charge is -2.10. The minimum Gasteiger partial charge on any atom is -0.311 e. The van der Waals surface area contributed by atoms with Gasteiger partial charge in [0.05, 0.1) is 0 Å². The fraction of sp³-hybridized carbons (Fsp3) is 0.455. The molecular formula is C11H15N7S. The summed E-state index contributed by atoms with van der Waals surface area (Å²) in [5.74, 6) is 7.55. The molecule has 0 unspecified atom stereocenters. The molecule has 0 amide bonds. The molecule has 1 fully saturated rings. The van der Waals surface area contributed by atoms with Gasteiger partial charge in [-0.05, 0) is 31.5 Å². The number of nitrogens with two attached hydrogens (primary N) is 1.